The molecule has 0 unspecified atom stereocenters. The molecule has 1 N–H and O–H groups in total. The average molecular weight is 391 g/mol. The maximum atomic E-state index is 12.7. The van der Waals surface area contributed by atoms with Gasteiger partial charge in [0.25, 0.3) is 5.91 Å². The van der Waals surface area contributed by atoms with E-state index in [2.05, 4.69) is 34.9 Å². The second-order valence-corrected chi connectivity index (χ2v) is 7.97. The molecule has 2 aliphatic rings. The van der Waals surface area contributed by atoms with E-state index >= 15 is 0 Å². The molecular formula is C21H25N7O. The van der Waals surface area contributed by atoms with Crippen molar-refractivity contribution in [3.8, 4) is 0 Å². The highest BCUT2D eigenvalue weighted by Crippen LogP contribution is 2.31. The van der Waals surface area contributed by atoms with Crippen LogP contribution in [-0.2, 0) is 0 Å². The predicted molar refractivity (Wildman–Crippen MR) is 110 cm³/mol. The van der Waals surface area contributed by atoms with Crippen LogP contribution in [0.1, 0.15) is 54.9 Å². The second-order valence-electron chi connectivity index (χ2n) is 7.97. The number of rotatable bonds is 4. The van der Waals surface area contributed by atoms with Crippen molar-refractivity contribution in [2.45, 2.75) is 50.6 Å². The van der Waals surface area contributed by atoms with E-state index in [0.29, 0.717) is 11.6 Å². The lowest BCUT2D eigenvalue weighted by atomic mass is 10.0. The number of pyridine rings is 1. The van der Waals surface area contributed by atoms with Gasteiger partial charge >= 0.3 is 0 Å². The molecule has 150 valence electrons. The Morgan fingerprint density at radius 2 is 1.93 bits per heavy atom. The molecule has 5 rings (SSSR count). The number of anilines is 1. The minimum atomic E-state index is -0.0761. The predicted octanol–water partition coefficient (Wildman–Crippen LogP) is 2.74. The summed E-state index contributed by atoms with van der Waals surface area (Å²) >= 11 is 0. The van der Waals surface area contributed by atoms with Crippen LogP contribution in [0.15, 0.2) is 36.9 Å². The van der Waals surface area contributed by atoms with Gasteiger partial charge in [0.05, 0.1) is 11.9 Å². The minimum Gasteiger partial charge on any atom is -0.355 e. The molecule has 1 saturated carbocycles. The number of hydrogen-bond donors (Lipinski definition) is 1. The Labute approximate surface area is 169 Å². The summed E-state index contributed by atoms with van der Waals surface area (Å²) in [6, 6.07) is 6.37. The van der Waals surface area contributed by atoms with E-state index in [4.69, 9.17) is 0 Å². The third-order valence-electron chi connectivity index (χ3n) is 6.11. The molecule has 0 atom stereocenters. The lowest BCUT2D eigenvalue weighted by Gasteiger charge is -2.32. The molecular weight excluding hydrogens is 366 g/mol. The van der Waals surface area contributed by atoms with E-state index in [0.717, 1.165) is 42.9 Å². The van der Waals surface area contributed by atoms with Gasteiger partial charge in [-0.1, -0.05) is 12.8 Å². The molecule has 3 aromatic rings. The van der Waals surface area contributed by atoms with E-state index < -0.39 is 0 Å². The number of nitrogens with one attached hydrogen (secondary N) is 1. The Bertz CT molecular complexity index is 989. The summed E-state index contributed by atoms with van der Waals surface area (Å²) in [5, 5.41) is 11.3. The highest BCUT2D eigenvalue weighted by molar-refractivity contribution is 5.96. The van der Waals surface area contributed by atoms with E-state index in [-0.39, 0.29) is 11.9 Å². The van der Waals surface area contributed by atoms with Gasteiger partial charge in [-0.2, -0.15) is 5.10 Å². The van der Waals surface area contributed by atoms with Crippen LogP contribution < -0.4 is 10.2 Å². The molecule has 3 aromatic heterocycles. The number of fused-ring (bicyclic) bond motifs is 1. The zero-order chi connectivity index (χ0) is 19.6. The highest BCUT2D eigenvalue weighted by atomic mass is 16.1. The zero-order valence-corrected chi connectivity index (χ0v) is 16.4. The number of nitrogens with zero attached hydrogens (tertiary/aromatic N) is 6. The molecule has 29 heavy (non-hydrogen) atoms. The van der Waals surface area contributed by atoms with Crippen molar-refractivity contribution in [3.63, 3.8) is 0 Å². The summed E-state index contributed by atoms with van der Waals surface area (Å²) in [7, 11) is 0. The van der Waals surface area contributed by atoms with Crippen LogP contribution in [0.3, 0.4) is 0 Å². The van der Waals surface area contributed by atoms with Crippen LogP contribution in [0.25, 0.3) is 11.2 Å². The van der Waals surface area contributed by atoms with Gasteiger partial charge in [0.1, 0.15) is 5.52 Å². The summed E-state index contributed by atoms with van der Waals surface area (Å²) in [6.45, 7) is 1.71. The maximum Gasteiger partial charge on any atom is 0.253 e. The van der Waals surface area contributed by atoms with Gasteiger partial charge in [0.15, 0.2) is 11.5 Å². The highest BCUT2D eigenvalue weighted by Gasteiger charge is 2.23. The van der Waals surface area contributed by atoms with Gasteiger partial charge in [0.2, 0.25) is 0 Å². The molecule has 1 aliphatic carbocycles. The van der Waals surface area contributed by atoms with Gasteiger partial charge in [-0.05, 0) is 43.9 Å². The molecule has 0 spiro atoms. The van der Waals surface area contributed by atoms with Crippen LogP contribution in [0.4, 0.5) is 5.82 Å². The van der Waals surface area contributed by atoms with Crippen LogP contribution in [-0.4, -0.2) is 49.8 Å². The van der Waals surface area contributed by atoms with Crippen molar-refractivity contribution in [1.82, 2.24) is 30.0 Å². The molecule has 1 saturated heterocycles. The first-order valence-electron chi connectivity index (χ1n) is 10.4. The molecule has 0 radical (unpaired) electrons. The monoisotopic (exact) mass is 391 g/mol. The SMILES string of the molecule is O=C(NC1CCN(c2cccnn2)CC1)c1cnc2c(c1)ncn2C1CCCC1. The summed E-state index contributed by atoms with van der Waals surface area (Å²) in [5.41, 5.74) is 2.25. The normalized spacial score (nSPS) is 18.4. The van der Waals surface area contributed by atoms with Gasteiger partial charge in [0, 0.05) is 37.6 Å². The fraction of sp³-hybridized carbons (Fsp3) is 0.476. The molecule has 0 bridgehead atoms. The first-order valence-corrected chi connectivity index (χ1v) is 10.4. The van der Waals surface area contributed by atoms with Crippen molar-refractivity contribution in [2.75, 3.05) is 18.0 Å². The smallest absolute Gasteiger partial charge is 0.253 e. The van der Waals surface area contributed by atoms with E-state index in [1.54, 1.807) is 12.4 Å². The lowest BCUT2D eigenvalue weighted by Crippen LogP contribution is -2.45. The lowest BCUT2D eigenvalue weighted by molar-refractivity contribution is 0.0931. The van der Waals surface area contributed by atoms with Crippen molar-refractivity contribution < 1.29 is 4.79 Å². The first kappa shape index (κ1) is 18.0. The number of aromatic nitrogens is 5. The number of hydrogen-bond acceptors (Lipinski definition) is 6. The van der Waals surface area contributed by atoms with Crippen molar-refractivity contribution >= 4 is 22.9 Å². The Morgan fingerprint density at radius 3 is 2.69 bits per heavy atom. The number of piperidine rings is 1. The molecule has 4 heterocycles. The first-order chi connectivity index (χ1) is 14.3. The largest absolute Gasteiger partial charge is 0.355 e. The molecule has 0 aromatic carbocycles. The van der Waals surface area contributed by atoms with Crippen molar-refractivity contribution in [3.05, 3.63) is 42.5 Å². The Hall–Kier alpha value is -3.03. The zero-order valence-electron chi connectivity index (χ0n) is 16.4. The third kappa shape index (κ3) is 3.66. The van der Waals surface area contributed by atoms with E-state index in [1.807, 2.05) is 24.5 Å². The Kier molecular flexibility index (Phi) is 4.83. The standard InChI is InChI=1S/C21H25N7O/c29-21(25-16-7-10-27(11-8-16)19-6-3-9-24-26-19)15-12-18-20(22-13-15)28(14-23-18)17-4-1-2-5-17/h3,6,9,12-14,16-17H,1-2,4-5,7-8,10-11H2,(H,25,29). The molecule has 8 heteroatoms. The van der Waals surface area contributed by atoms with Gasteiger partial charge in [-0.15, -0.1) is 5.10 Å². The topological polar surface area (TPSA) is 88.8 Å². The van der Waals surface area contributed by atoms with Crippen LogP contribution in [0, 0.1) is 0 Å². The second kappa shape index (κ2) is 7.77. The number of imidazole rings is 1. The van der Waals surface area contributed by atoms with Crippen molar-refractivity contribution in [2.24, 2.45) is 0 Å². The number of amides is 1. The quantitative estimate of drug-likeness (QED) is 0.736. The molecule has 2 fully saturated rings. The fourth-order valence-corrected chi connectivity index (χ4v) is 4.48. The summed E-state index contributed by atoms with van der Waals surface area (Å²) in [4.78, 5) is 24.0. The Morgan fingerprint density at radius 1 is 1.10 bits per heavy atom. The van der Waals surface area contributed by atoms with Gasteiger partial charge in [-0.3, -0.25) is 4.79 Å². The molecule has 8 nitrogen and oxygen atoms in total. The van der Waals surface area contributed by atoms with Gasteiger partial charge in [-0.25, -0.2) is 9.97 Å². The third-order valence-corrected chi connectivity index (χ3v) is 6.11. The van der Waals surface area contributed by atoms with E-state index in [9.17, 15) is 4.79 Å². The summed E-state index contributed by atoms with van der Waals surface area (Å²) in [5.74, 6) is 0.817. The van der Waals surface area contributed by atoms with Crippen LogP contribution in [0.2, 0.25) is 0 Å². The average Bonchev–Trinajstić information content (AvgIpc) is 3.44. The number of carbonyl (C=O) groups excluding carboxylic acids is 1. The summed E-state index contributed by atoms with van der Waals surface area (Å²) < 4.78 is 2.17. The van der Waals surface area contributed by atoms with Crippen LogP contribution >= 0.6 is 0 Å². The van der Waals surface area contributed by atoms with Gasteiger partial charge < -0.3 is 14.8 Å². The maximum absolute atomic E-state index is 12.7. The summed E-state index contributed by atoms with van der Waals surface area (Å²) in [6.07, 6.45) is 11.9. The molecule has 1 aliphatic heterocycles. The number of carbonyl (C=O) groups is 1. The van der Waals surface area contributed by atoms with E-state index in [1.165, 1.54) is 25.7 Å². The minimum absolute atomic E-state index is 0.0761. The fourth-order valence-electron chi connectivity index (χ4n) is 4.48. The Balaban J connectivity index is 1.22. The van der Waals surface area contributed by atoms with Crippen LogP contribution in [0.5, 0.6) is 0 Å². The van der Waals surface area contributed by atoms with Crippen molar-refractivity contribution in [1.29, 1.82) is 0 Å². The molecule has 1 amide bonds.